The fraction of sp³-hybridized carbons (Fsp3) is 0.184. The smallest absolute Gasteiger partial charge is 0.270 e. The maximum atomic E-state index is 12.8. The molecule has 1 amide bonds. The molecule has 1 fully saturated rings. The molecule has 0 atom stereocenters. The molecule has 1 aliphatic heterocycles. The summed E-state index contributed by atoms with van der Waals surface area (Å²) >= 11 is 0. The van der Waals surface area contributed by atoms with E-state index in [-0.39, 0.29) is 5.91 Å². The number of hydrogen-bond donors (Lipinski definition) is 5. The molecule has 4 aromatic heterocycles. The first-order chi connectivity index (χ1) is 25.6. The van der Waals surface area contributed by atoms with Crippen molar-refractivity contribution < 1.29 is 9.53 Å². The molecule has 2 aromatic carbocycles. The predicted molar refractivity (Wildman–Crippen MR) is 203 cm³/mol. The van der Waals surface area contributed by atoms with Crippen LogP contribution in [-0.2, 0) is 4.74 Å². The summed E-state index contributed by atoms with van der Waals surface area (Å²) in [5.41, 5.74) is 3.64. The minimum absolute atomic E-state index is 0.238. The van der Waals surface area contributed by atoms with Crippen molar-refractivity contribution >= 4 is 53.5 Å². The van der Waals surface area contributed by atoms with E-state index in [9.17, 15) is 4.79 Å². The second-order valence-corrected chi connectivity index (χ2v) is 11.7. The molecule has 6 aromatic rings. The van der Waals surface area contributed by atoms with Crippen LogP contribution in [0.1, 0.15) is 38.8 Å². The van der Waals surface area contributed by atoms with Crippen LogP contribution < -0.4 is 16.0 Å². The second-order valence-electron chi connectivity index (χ2n) is 11.7. The van der Waals surface area contributed by atoms with Crippen LogP contribution in [-0.4, -0.2) is 90.5 Å². The first-order valence-corrected chi connectivity index (χ1v) is 16.9. The normalized spacial score (nSPS) is 13.1. The van der Waals surface area contributed by atoms with E-state index in [0.717, 1.165) is 55.6 Å². The number of morpholine rings is 1. The number of H-pyrrole nitrogens is 2. The number of anilines is 4. The number of hydrogen-bond acceptors (Lipinski definition) is 11. The number of benzene rings is 2. The van der Waals surface area contributed by atoms with Crippen molar-refractivity contribution in [1.82, 2.24) is 50.5 Å². The molecule has 0 spiro atoms. The molecule has 1 saturated heterocycles. The van der Waals surface area contributed by atoms with Gasteiger partial charge in [0.1, 0.15) is 29.0 Å². The number of rotatable bonds is 12. The van der Waals surface area contributed by atoms with Gasteiger partial charge in [-0.3, -0.25) is 19.9 Å². The van der Waals surface area contributed by atoms with Crippen LogP contribution in [0, 0.1) is 6.92 Å². The summed E-state index contributed by atoms with van der Waals surface area (Å²) in [6, 6.07) is 25.2. The Kier molecular flexibility index (Phi) is 12.5. The van der Waals surface area contributed by atoms with Crippen molar-refractivity contribution in [2.75, 3.05) is 50.0 Å². The zero-order valence-electron chi connectivity index (χ0n) is 28.7. The summed E-state index contributed by atoms with van der Waals surface area (Å²) in [6.45, 7) is 6.61. The molecular weight excluding hydrogens is 656 g/mol. The van der Waals surface area contributed by atoms with E-state index < -0.39 is 0 Å². The van der Waals surface area contributed by atoms with E-state index in [4.69, 9.17) is 4.74 Å². The van der Waals surface area contributed by atoms with E-state index in [2.05, 4.69) is 61.2 Å². The van der Waals surface area contributed by atoms with Crippen LogP contribution in [0.3, 0.4) is 0 Å². The molecule has 0 aliphatic carbocycles. The van der Waals surface area contributed by atoms with Gasteiger partial charge in [0, 0.05) is 50.6 Å². The number of aromatic amines is 2. The summed E-state index contributed by atoms with van der Waals surface area (Å²) in [7, 11) is 0. The lowest BCUT2D eigenvalue weighted by Crippen LogP contribution is -2.41. The zero-order chi connectivity index (χ0) is 35.8. The molecule has 0 radical (unpaired) electrons. The zero-order valence-corrected chi connectivity index (χ0v) is 28.7. The summed E-state index contributed by atoms with van der Waals surface area (Å²) in [6.07, 6.45) is 12.6. The Morgan fingerprint density at radius 1 is 0.750 bits per heavy atom. The van der Waals surface area contributed by atoms with Gasteiger partial charge in [-0.25, -0.2) is 19.9 Å². The quantitative estimate of drug-likeness (QED) is 0.108. The number of amides is 1. The fourth-order valence-corrected chi connectivity index (χ4v) is 5.00. The van der Waals surface area contributed by atoms with E-state index >= 15 is 0 Å². The summed E-state index contributed by atoms with van der Waals surface area (Å²) in [5.74, 6) is 3.55. The molecule has 264 valence electrons. The Morgan fingerprint density at radius 2 is 1.40 bits per heavy atom. The van der Waals surface area contributed by atoms with Crippen LogP contribution in [0.2, 0.25) is 0 Å². The van der Waals surface area contributed by atoms with E-state index in [0.29, 0.717) is 35.5 Å². The molecule has 7 rings (SSSR count). The molecule has 5 heterocycles. The highest BCUT2D eigenvalue weighted by Crippen LogP contribution is 2.16. The number of carbonyl (C=O) groups is 1. The Labute approximate surface area is 301 Å². The van der Waals surface area contributed by atoms with E-state index in [1.54, 1.807) is 42.9 Å². The monoisotopic (exact) mass is 696 g/mol. The molecule has 0 unspecified atom stereocenters. The van der Waals surface area contributed by atoms with Crippen molar-refractivity contribution in [3.05, 3.63) is 131 Å². The minimum Gasteiger partial charge on any atom is -0.379 e. The van der Waals surface area contributed by atoms with Gasteiger partial charge in [0.2, 0.25) is 0 Å². The van der Waals surface area contributed by atoms with Crippen LogP contribution in [0.25, 0.3) is 24.3 Å². The minimum atomic E-state index is -0.238. The van der Waals surface area contributed by atoms with Gasteiger partial charge in [-0.1, -0.05) is 72.3 Å². The Balaban J connectivity index is 0.000000198. The molecule has 0 bridgehead atoms. The Bertz CT molecular complexity index is 2020. The van der Waals surface area contributed by atoms with Crippen molar-refractivity contribution in [3.63, 3.8) is 0 Å². The van der Waals surface area contributed by atoms with Crippen LogP contribution in [0.15, 0.2) is 97.5 Å². The summed E-state index contributed by atoms with van der Waals surface area (Å²) < 4.78 is 5.36. The molecule has 5 N–H and O–H groups in total. The lowest BCUT2D eigenvalue weighted by Gasteiger charge is -2.26. The van der Waals surface area contributed by atoms with E-state index in [1.807, 2.05) is 85.8 Å². The summed E-state index contributed by atoms with van der Waals surface area (Å²) in [4.78, 5) is 32.7. The molecular formula is C38H40N12O2. The molecule has 0 saturated carbocycles. The molecule has 52 heavy (non-hydrogen) atoms. The lowest BCUT2D eigenvalue weighted by molar-refractivity contribution is 0.0383. The number of ether oxygens (including phenoxy) is 1. The average Bonchev–Trinajstić information content (AvgIpc) is 3.90. The number of aryl methyl sites for hydroxylation is 1. The van der Waals surface area contributed by atoms with Gasteiger partial charge in [0.25, 0.3) is 5.91 Å². The van der Waals surface area contributed by atoms with Crippen LogP contribution in [0.5, 0.6) is 0 Å². The highest BCUT2D eigenvalue weighted by Gasteiger charge is 2.14. The highest BCUT2D eigenvalue weighted by atomic mass is 16.5. The van der Waals surface area contributed by atoms with Crippen molar-refractivity contribution in [3.8, 4) is 0 Å². The van der Waals surface area contributed by atoms with Gasteiger partial charge in [-0.05, 0) is 36.3 Å². The van der Waals surface area contributed by atoms with Crippen molar-refractivity contribution in [2.45, 2.75) is 6.92 Å². The average molecular weight is 697 g/mol. The van der Waals surface area contributed by atoms with Crippen molar-refractivity contribution in [2.24, 2.45) is 0 Å². The highest BCUT2D eigenvalue weighted by molar-refractivity contribution is 5.93. The topological polar surface area (TPSA) is 175 Å². The molecule has 1 aliphatic rings. The van der Waals surface area contributed by atoms with Gasteiger partial charge in [-0.15, -0.1) is 0 Å². The predicted octanol–water partition coefficient (Wildman–Crippen LogP) is 5.60. The molecule has 14 heteroatoms. The first kappa shape index (κ1) is 35.3. The number of nitrogens with one attached hydrogen (secondary N) is 5. The van der Waals surface area contributed by atoms with Gasteiger partial charge < -0.3 is 20.7 Å². The second kappa shape index (κ2) is 18.5. The largest absolute Gasteiger partial charge is 0.379 e. The third-order valence-corrected chi connectivity index (χ3v) is 7.72. The fourth-order valence-electron chi connectivity index (χ4n) is 5.00. The SMILES string of the molecule is C(=C\c1nccc(Nc2ccn[nH]2)n1)/c1ccccc1.Cc1ccc(/C=C/c2nc(Nc3ccn[nH]3)cc(C(=O)NCCN3CCOCC3)n2)cc1. The number of nitrogens with zero attached hydrogens (tertiary/aromatic N) is 7. The maximum Gasteiger partial charge on any atom is 0.270 e. The van der Waals surface area contributed by atoms with E-state index in [1.165, 1.54) is 5.56 Å². The van der Waals surface area contributed by atoms with Gasteiger partial charge >= 0.3 is 0 Å². The third-order valence-electron chi connectivity index (χ3n) is 7.72. The maximum absolute atomic E-state index is 12.8. The van der Waals surface area contributed by atoms with Gasteiger partial charge in [0.05, 0.1) is 25.6 Å². The molecule has 14 nitrogen and oxygen atoms in total. The number of aromatic nitrogens is 8. The third kappa shape index (κ3) is 11.3. The first-order valence-electron chi connectivity index (χ1n) is 16.9. The van der Waals surface area contributed by atoms with Gasteiger partial charge in [0.15, 0.2) is 11.6 Å². The summed E-state index contributed by atoms with van der Waals surface area (Å²) in [5, 5.41) is 22.7. The number of carbonyl (C=O) groups excluding carboxylic acids is 1. The Morgan fingerprint density at radius 3 is 2.10 bits per heavy atom. The standard InChI is InChI=1S/C23H27N7O2.C15H13N5/c1-17-2-4-18(5-3-17)6-7-20-26-19(16-22(27-20)28-21-8-9-25-29-21)23(31)24-10-11-30-12-14-32-15-13-30;1-2-4-12(5-3-1)6-7-13-16-10-8-14(18-13)19-15-9-11-17-20-15/h2-9,16H,10-15H2,1H3,(H,24,31)(H2,25,26,27,28,29);1-11H,(H2,16,17,18,19,20)/b2*7-6+. The van der Waals surface area contributed by atoms with Crippen LogP contribution in [0.4, 0.5) is 23.3 Å². The van der Waals surface area contributed by atoms with Gasteiger partial charge in [-0.2, -0.15) is 10.2 Å². The lowest BCUT2D eigenvalue weighted by atomic mass is 10.1. The van der Waals surface area contributed by atoms with Crippen LogP contribution >= 0.6 is 0 Å². The Hall–Kier alpha value is -6.51. The van der Waals surface area contributed by atoms with Crippen molar-refractivity contribution in [1.29, 1.82) is 0 Å².